The summed E-state index contributed by atoms with van der Waals surface area (Å²) < 4.78 is 22.1. The molecule has 3 N–H and O–H groups in total. The van der Waals surface area contributed by atoms with Crippen molar-refractivity contribution in [3.63, 3.8) is 0 Å². The van der Waals surface area contributed by atoms with Crippen molar-refractivity contribution in [3.05, 3.63) is 36.2 Å². The minimum Gasteiger partial charge on any atom is -0.378 e. The monoisotopic (exact) mass is 423 g/mol. The van der Waals surface area contributed by atoms with Crippen LogP contribution in [-0.4, -0.2) is 42.9 Å². The summed E-state index contributed by atoms with van der Waals surface area (Å²) in [5.41, 5.74) is 6.18. The molecule has 1 fully saturated rings. The molecule has 31 heavy (non-hydrogen) atoms. The summed E-state index contributed by atoms with van der Waals surface area (Å²) >= 11 is 0. The summed E-state index contributed by atoms with van der Waals surface area (Å²) in [4.78, 5) is 12.3. The van der Waals surface area contributed by atoms with Crippen LogP contribution in [0, 0.1) is 23.6 Å². The molecule has 0 bridgehead atoms. The maximum atomic E-state index is 14.6. The molecular formula is C23H26FN5O2. The third kappa shape index (κ3) is 4.38. The van der Waals surface area contributed by atoms with E-state index in [2.05, 4.69) is 26.8 Å². The van der Waals surface area contributed by atoms with E-state index < -0.39 is 17.0 Å². The van der Waals surface area contributed by atoms with Crippen LogP contribution in [0.3, 0.4) is 0 Å². The Hall–Kier alpha value is -3.02. The van der Waals surface area contributed by atoms with Gasteiger partial charge in [-0.2, -0.15) is 0 Å². The van der Waals surface area contributed by atoms with Gasteiger partial charge in [-0.05, 0) is 51.5 Å². The number of nitrogens with two attached hydrogens (primary N) is 1. The van der Waals surface area contributed by atoms with Crippen LogP contribution in [0.4, 0.5) is 10.3 Å². The van der Waals surface area contributed by atoms with Crippen molar-refractivity contribution in [1.82, 2.24) is 19.5 Å². The van der Waals surface area contributed by atoms with E-state index in [0.29, 0.717) is 17.8 Å². The number of pyridine rings is 1. The normalized spacial score (nSPS) is 16.1. The first kappa shape index (κ1) is 21.2. The zero-order valence-electron chi connectivity index (χ0n) is 18.1. The van der Waals surface area contributed by atoms with Crippen LogP contribution in [0.25, 0.3) is 22.2 Å². The molecule has 0 spiro atoms. The number of hydrogen-bond acceptors (Lipinski definition) is 6. The predicted octanol–water partition coefficient (Wildman–Crippen LogP) is 3.15. The number of fused-ring (bicyclic) bond motifs is 1. The lowest BCUT2D eigenvalue weighted by Gasteiger charge is -2.23. The van der Waals surface area contributed by atoms with Crippen LogP contribution >= 0.6 is 0 Å². The van der Waals surface area contributed by atoms with Crippen molar-refractivity contribution in [2.75, 3.05) is 12.8 Å². The average molecular weight is 423 g/mol. The molecule has 0 saturated heterocycles. The van der Waals surface area contributed by atoms with E-state index in [0.717, 1.165) is 29.9 Å². The second-order valence-electron chi connectivity index (χ2n) is 8.82. The highest BCUT2D eigenvalue weighted by Crippen LogP contribution is 2.39. The van der Waals surface area contributed by atoms with Crippen LogP contribution in [0.5, 0.6) is 0 Å². The highest BCUT2D eigenvalue weighted by Gasteiger charge is 2.38. The van der Waals surface area contributed by atoms with E-state index in [1.54, 1.807) is 26.3 Å². The van der Waals surface area contributed by atoms with Gasteiger partial charge in [0.05, 0.1) is 30.1 Å². The van der Waals surface area contributed by atoms with Crippen LogP contribution in [0.1, 0.15) is 39.3 Å². The summed E-state index contributed by atoms with van der Waals surface area (Å²) in [5.74, 6) is 5.53. The molecule has 0 amide bonds. The number of nitrogens with zero attached hydrogens (tertiary/aromatic N) is 4. The van der Waals surface area contributed by atoms with Gasteiger partial charge in [-0.15, -0.1) is 0 Å². The van der Waals surface area contributed by atoms with Gasteiger partial charge in [-0.25, -0.2) is 19.3 Å². The molecule has 1 aliphatic carbocycles. The molecule has 3 aromatic heterocycles. The third-order valence-electron chi connectivity index (χ3n) is 5.70. The van der Waals surface area contributed by atoms with E-state index in [1.165, 1.54) is 0 Å². The van der Waals surface area contributed by atoms with Crippen molar-refractivity contribution in [2.24, 2.45) is 5.92 Å². The predicted molar refractivity (Wildman–Crippen MR) is 116 cm³/mol. The Kier molecular flexibility index (Phi) is 5.20. The summed E-state index contributed by atoms with van der Waals surface area (Å²) in [6.45, 7) is 6.18. The van der Waals surface area contributed by atoms with Crippen LogP contribution in [0.2, 0.25) is 0 Å². The molecule has 3 aromatic rings. The average Bonchev–Trinajstić information content (AvgIpc) is 3.53. The topological polar surface area (TPSA) is 99.1 Å². The number of halogens is 1. The van der Waals surface area contributed by atoms with Crippen LogP contribution in [-0.2, 0) is 11.3 Å². The number of aromatic nitrogens is 4. The fraction of sp³-hybridized carbons (Fsp3) is 0.435. The summed E-state index contributed by atoms with van der Waals surface area (Å²) in [6, 6.07) is 1.79. The summed E-state index contributed by atoms with van der Waals surface area (Å²) in [5, 5.41) is 11.2. The van der Waals surface area contributed by atoms with Gasteiger partial charge in [0.25, 0.3) is 0 Å². The SMILES string of the molecule is COC(C)(C)Cn1cc(-c2nc(N)ncc2F)c2cc(C#CC(C)(O)C3CC3)ncc21. The van der Waals surface area contributed by atoms with Gasteiger partial charge in [0.15, 0.2) is 5.82 Å². The molecule has 1 aliphatic rings. The number of methoxy groups -OCH3 is 1. The molecular weight excluding hydrogens is 397 g/mol. The van der Waals surface area contributed by atoms with E-state index >= 15 is 0 Å². The Morgan fingerprint density at radius 2 is 2.03 bits per heavy atom. The number of nitrogen functional groups attached to an aromatic ring is 1. The number of aliphatic hydroxyl groups is 1. The maximum Gasteiger partial charge on any atom is 0.220 e. The van der Waals surface area contributed by atoms with Crippen molar-refractivity contribution >= 4 is 16.9 Å². The zero-order valence-corrected chi connectivity index (χ0v) is 18.1. The molecule has 4 rings (SSSR count). The van der Waals surface area contributed by atoms with E-state index in [-0.39, 0.29) is 17.6 Å². The lowest BCUT2D eigenvalue weighted by Crippen LogP contribution is -2.28. The number of anilines is 1. The molecule has 3 heterocycles. The first-order valence-corrected chi connectivity index (χ1v) is 10.2. The number of ether oxygens (including phenoxy) is 1. The minimum absolute atomic E-state index is 0.0101. The van der Waals surface area contributed by atoms with Gasteiger partial charge in [0.1, 0.15) is 17.0 Å². The van der Waals surface area contributed by atoms with E-state index in [4.69, 9.17) is 10.5 Å². The van der Waals surface area contributed by atoms with Gasteiger partial charge in [0.2, 0.25) is 5.95 Å². The summed E-state index contributed by atoms with van der Waals surface area (Å²) in [7, 11) is 1.65. The Morgan fingerprint density at radius 1 is 1.29 bits per heavy atom. The lowest BCUT2D eigenvalue weighted by molar-refractivity contribution is 0.00914. The maximum absolute atomic E-state index is 14.6. The van der Waals surface area contributed by atoms with Crippen LogP contribution in [0.15, 0.2) is 24.7 Å². The fourth-order valence-electron chi connectivity index (χ4n) is 3.56. The van der Waals surface area contributed by atoms with Crippen molar-refractivity contribution in [1.29, 1.82) is 0 Å². The molecule has 1 unspecified atom stereocenters. The van der Waals surface area contributed by atoms with Gasteiger partial charge < -0.3 is 20.1 Å². The Morgan fingerprint density at radius 3 is 2.71 bits per heavy atom. The first-order valence-electron chi connectivity index (χ1n) is 10.2. The smallest absolute Gasteiger partial charge is 0.220 e. The van der Waals surface area contributed by atoms with Crippen molar-refractivity contribution in [3.8, 4) is 23.1 Å². The molecule has 1 atom stereocenters. The Bertz CT molecular complexity index is 1200. The van der Waals surface area contributed by atoms with Gasteiger partial charge >= 0.3 is 0 Å². The molecule has 8 heteroatoms. The second-order valence-corrected chi connectivity index (χ2v) is 8.82. The standard InChI is InChI=1S/C23H26FN5O2/c1-22(2,31-4)13-29-12-17(20-18(24)10-27-21(25)28-20)16-9-15(26-11-19(16)29)7-8-23(3,30)14-5-6-14/h9-12,14,30H,5-6,13H2,1-4H3,(H2,25,27,28). The molecule has 0 aliphatic heterocycles. The van der Waals surface area contributed by atoms with Crippen molar-refractivity contribution in [2.45, 2.75) is 51.4 Å². The lowest BCUT2D eigenvalue weighted by atomic mass is 10.0. The Balaban J connectivity index is 1.86. The first-order chi connectivity index (χ1) is 14.6. The van der Waals surface area contributed by atoms with Gasteiger partial charge in [0, 0.05) is 24.3 Å². The fourth-order valence-corrected chi connectivity index (χ4v) is 3.56. The van der Waals surface area contributed by atoms with Gasteiger partial charge in [-0.3, -0.25) is 0 Å². The molecule has 1 saturated carbocycles. The highest BCUT2D eigenvalue weighted by atomic mass is 19.1. The molecule has 0 aromatic carbocycles. The second kappa shape index (κ2) is 7.59. The summed E-state index contributed by atoms with van der Waals surface area (Å²) in [6.07, 6.45) is 6.53. The zero-order chi connectivity index (χ0) is 22.4. The number of hydrogen-bond donors (Lipinski definition) is 2. The van der Waals surface area contributed by atoms with E-state index in [9.17, 15) is 9.50 Å². The minimum atomic E-state index is -1.04. The third-order valence-corrected chi connectivity index (χ3v) is 5.70. The molecule has 162 valence electrons. The van der Waals surface area contributed by atoms with Crippen LogP contribution < -0.4 is 5.73 Å². The van der Waals surface area contributed by atoms with Gasteiger partial charge in [-0.1, -0.05) is 5.92 Å². The highest BCUT2D eigenvalue weighted by molar-refractivity contribution is 5.95. The molecule has 7 nitrogen and oxygen atoms in total. The molecule has 0 radical (unpaired) electrons. The number of rotatable bonds is 5. The van der Waals surface area contributed by atoms with Crippen molar-refractivity contribution < 1.29 is 14.2 Å². The Labute approximate surface area is 180 Å². The van der Waals surface area contributed by atoms with E-state index in [1.807, 2.05) is 24.6 Å². The largest absolute Gasteiger partial charge is 0.378 e. The quantitative estimate of drug-likeness (QED) is 0.612.